The summed E-state index contributed by atoms with van der Waals surface area (Å²) in [4.78, 5) is 22.3. The van der Waals surface area contributed by atoms with Crippen LogP contribution in [0.25, 0.3) is 0 Å². The van der Waals surface area contributed by atoms with E-state index in [0.29, 0.717) is 6.41 Å². The molecule has 0 saturated carbocycles. The molecule has 0 aliphatic carbocycles. The van der Waals surface area contributed by atoms with Gasteiger partial charge in [0.2, 0.25) is 6.41 Å². The summed E-state index contributed by atoms with van der Waals surface area (Å²) in [5, 5.41) is 9.27. The molecule has 80 valence electrons. The van der Waals surface area contributed by atoms with Gasteiger partial charge in [0, 0.05) is 19.2 Å². The van der Waals surface area contributed by atoms with Gasteiger partial charge in [-0.1, -0.05) is 6.58 Å². The maximum absolute atomic E-state index is 10.9. The summed E-state index contributed by atoms with van der Waals surface area (Å²) in [7, 11) is 1.52. The first-order chi connectivity index (χ1) is 6.47. The first kappa shape index (κ1) is 12.6. The van der Waals surface area contributed by atoms with Gasteiger partial charge in [-0.2, -0.15) is 0 Å². The number of aliphatic hydroxyl groups is 1. The minimum absolute atomic E-state index is 0.132. The second kappa shape index (κ2) is 6.15. The normalized spacial score (nSPS) is 11.6. The van der Waals surface area contributed by atoms with Crippen LogP contribution in [-0.2, 0) is 14.3 Å². The molecule has 0 heterocycles. The number of carbonyl (C=O) groups is 2. The van der Waals surface area contributed by atoms with Crippen LogP contribution < -0.4 is 0 Å². The number of hydrogen-bond donors (Lipinski definition) is 1. The molecule has 0 aromatic heterocycles. The Hall–Kier alpha value is -1.36. The van der Waals surface area contributed by atoms with Crippen molar-refractivity contribution in [2.24, 2.45) is 0 Å². The van der Waals surface area contributed by atoms with Crippen molar-refractivity contribution < 1.29 is 19.4 Å². The molecular weight excluding hydrogens is 186 g/mol. The van der Waals surface area contributed by atoms with E-state index in [9.17, 15) is 14.7 Å². The summed E-state index contributed by atoms with van der Waals surface area (Å²) in [6.45, 7) is 4.90. The molecule has 1 N–H and O–H groups in total. The van der Waals surface area contributed by atoms with Crippen LogP contribution >= 0.6 is 0 Å². The Morgan fingerprint density at radius 2 is 2.29 bits per heavy atom. The lowest BCUT2D eigenvalue weighted by atomic mass is 10.3. The Morgan fingerprint density at radius 3 is 2.71 bits per heavy atom. The van der Waals surface area contributed by atoms with Gasteiger partial charge < -0.3 is 14.7 Å². The van der Waals surface area contributed by atoms with Crippen LogP contribution in [-0.4, -0.2) is 48.7 Å². The number of ether oxygens (including phenoxy) is 1. The molecule has 0 aromatic rings. The Morgan fingerprint density at radius 1 is 1.71 bits per heavy atom. The molecule has 0 spiro atoms. The number of carbonyl (C=O) groups excluding carboxylic acids is 2. The van der Waals surface area contributed by atoms with Crippen LogP contribution in [0.5, 0.6) is 0 Å². The average molecular weight is 201 g/mol. The van der Waals surface area contributed by atoms with Gasteiger partial charge >= 0.3 is 5.97 Å². The first-order valence-corrected chi connectivity index (χ1v) is 4.13. The third-order valence-electron chi connectivity index (χ3n) is 1.43. The Kier molecular flexibility index (Phi) is 5.55. The number of nitrogens with zero attached hydrogens (tertiary/aromatic N) is 1. The van der Waals surface area contributed by atoms with Crippen LogP contribution in [0.2, 0.25) is 0 Å². The smallest absolute Gasteiger partial charge is 0.333 e. The third-order valence-corrected chi connectivity index (χ3v) is 1.43. The molecule has 0 aromatic carbocycles. The van der Waals surface area contributed by atoms with E-state index in [1.165, 1.54) is 18.9 Å². The van der Waals surface area contributed by atoms with E-state index in [4.69, 9.17) is 0 Å². The third kappa shape index (κ3) is 5.31. The molecule has 1 amide bonds. The molecule has 1 unspecified atom stereocenters. The monoisotopic (exact) mass is 201 g/mol. The van der Waals surface area contributed by atoms with Crippen LogP contribution in [0.15, 0.2) is 12.2 Å². The zero-order valence-electron chi connectivity index (χ0n) is 8.40. The largest absolute Gasteiger partial charge is 0.460 e. The van der Waals surface area contributed by atoms with Crippen molar-refractivity contribution in [1.82, 2.24) is 4.90 Å². The highest BCUT2D eigenvalue weighted by Gasteiger charge is 2.10. The van der Waals surface area contributed by atoms with Gasteiger partial charge in [0.1, 0.15) is 12.7 Å². The maximum atomic E-state index is 10.9. The zero-order valence-corrected chi connectivity index (χ0v) is 8.40. The summed E-state index contributed by atoms with van der Waals surface area (Å²) in [5.41, 5.74) is 0.279. The molecule has 0 aliphatic heterocycles. The van der Waals surface area contributed by atoms with Gasteiger partial charge in [-0.05, 0) is 6.92 Å². The molecular formula is C9H15NO4. The number of aliphatic hydroxyl groups excluding tert-OH is 1. The molecule has 0 aliphatic rings. The molecule has 0 radical (unpaired) electrons. The highest BCUT2D eigenvalue weighted by Crippen LogP contribution is 1.94. The molecule has 1 atom stereocenters. The number of amides is 1. The number of rotatable bonds is 6. The fourth-order valence-corrected chi connectivity index (χ4v) is 0.723. The van der Waals surface area contributed by atoms with Crippen molar-refractivity contribution in [2.75, 3.05) is 20.2 Å². The number of likely N-dealkylation sites (N-methyl/N-ethyl adjacent to an activating group) is 1. The zero-order chi connectivity index (χ0) is 11.1. The van der Waals surface area contributed by atoms with E-state index in [1.54, 1.807) is 0 Å². The van der Waals surface area contributed by atoms with Crippen molar-refractivity contribution in [2.45, 2.75) is 13.0 Å². The van der Waals surface area contributed by atoms with Gasteiger partial charge in [-0.3, -0.25) is 4.79 Å². The fraction of sp³-hybridized carbons (Fsp3) is 0.556. The lowest BCUT2D eigenvalue weighted by Crippen LogP contribution is -2.32. The molecule has 14 heavy (non-hydrogen) atoms. The van der Waals surface area contributed by atoms with Gasteiger partial charge in [0.25, 0.3) is 0 Å². The van der Waals surface area contributed by atoms with E-state index in [-0.39, 0.29) is 18.7 Å². The van der Waals surface area contributed by atoms with E-state index in [0.717, 1.165) is 0 Å². The van der Waals surface area contributed by atoms with Gasteiger partial charge in [-0.15, -0.1) is 0 Å². The minimum atomic E-state index is -0.867. The van der Waals surface area contributed by atoms with Gasteiger partial charge in [-0.25, -0.2) is 4.79 Å². The summed E-state index contributed by atoms with van der Waals surface area (Å²) in [6.07, 6.45) is -0.280. The predicted octanol–water partition coefficient (Wildman–Crippen LogP) is -0.445. The van der Waals surface area contributed by atoms with Crippen molar-refractivity contribution in [3.63, 3.8) is 0 Å². The lowest BCUT2D eigenvalue weighted by Gasteiger charge is -2.16. The van der Waals surface area contributed by atoms with E-state index in [2.05, 4.69) is 11.3 Å². The molecule has 5 nitrogen and oxygen atoms in total. The molecule has 5 heteroatoms. The highest BCUT2D eigenvalue weighted by atomic mass is 16.5. The maximum Gasteiger partial charge on any atom is 0.333 e. The molecule has 0 bridgehead atoms. The summed E-state index contributed by atoms with van der Waals surface area (Å²) in [6, 6.07) is 0. The molecule has 0 fully saturated rings. The summed E-state index contributed by atoms with van der Waals surface area (Å²) in [5.74, 6) is -0.544. The fourth-order valence-electron chi connectivity index (χ4n) is 0.723. The van der Waals surface area contributed by atoms with Crippen LogP contribution in [0.1, 0.15) is 6.92 Å². The van der Waals surface area contributed by atoms with Crippen molar-refractivity contribution >= 4 is 12.4 Å². The van der Waals surface area contributed by atoms with Gasteiger partial charge in [0.15, 0.2) is 0 Å². The number of esters is 1. The highest BCUT2D eigenvalue weighted by molar-refractivity contribution is 5.86. The quantitative estimate of drug-likeness (QED) is 0.359. The van der Waals surface area contributed by atoms with Crippen molar-refractivity contribution in [1.29, 1.82) is 0 Å². The van der Waals surface area contributed by atoms with Gasteiger partial charge in [0.05, 0.1) is 0 Å². The Bertz CT molecular complexity index is 227. The minimum Gasteiger partial charge on any atom is -0.460 e. The second-order valence-corrected chi connectivity index (χ2v) is 3.08. The first-order valence-electron chi connectivity index (χ1n) is 4.13. The molecule has 0 saturated heterocycles. The van der Waals surface area contributed by atoms with Crippen LogP contribution in [0, 0.1) is 0 Å². The second-order valence-electron chi connectivity index (χ2n) is 3.08. The molecule has 0 rings (SSSR count). The van der Waals surface area contributed by atoms with E-state index < -0.39 is 12.1 Å². The van der Waals surface area contributed by atoms with Crippen LogP contribution in [0.4, 0.5) is 0 Å². The lowest BCUT2D eigenvalue weighted by molar-refractivity contribution is -0.142. The standard InChI is InChI=1S/C9H15NO4/c1-7(2)9(13)14-5-8(12)4-10(3)6-11/h6,8,12H,1,4-5H2,2-3H3. The van der Waals surface area contributed by atoms with Crippen LogP contribution in [0.3, 0.4) is 0 Å². The Labute approximate surface area is 83.0 Å². The topological polar surface area (TPSA) is 66.8 Å². The Balaban J connectivity index is 3.73. The predicted molar refractivity (Wildman–Crippen MR) is 50.5 cm³/mol. The number of hydrogen-bond acceptors (Lipinski definition) is 4. The summed E-state index contributed by atoms with van der Waals surface area (Å²) < 4.78 is 4.68. The summed E-state index contributed by atoms with van der Waals surface area (Å²) >= 11 is 0. The van der Waals surface area contributed by atoms with Crippen molar-refractivity contribution in [3.8, 4) is 0 Å². The van der Waals surface area contributed by atoms with E-state index in [1.807, 2.05) is 0 Å². The average Bonchev–Trinajstić information content (AvgIpc) is 2.13. The van der Waals surface area contributed by atoms with E-state index >= 15 is 0 Å². The SMILES string of the molecule is C=C(C)C(=O)OCC(O)CN(C)C=O. The van der Waals surface area contributed by atoms with Crippen molar-refractivity contribution in [3.05, 3.63) is 12.2 Å².